The monoisotopic (exact) mass is 345 g/mol. The molecule has 0 bridgehead atoms. The molecule has 0 aliphatic carbocycles. The quantitative estimate of drug-likeness (QED) is 0.820. The molecule has 3 rings (SSSR count). The van der Waals surface area contributed by atoms with Crippen LogP contribution in [0, 0.1) is 0 Å². The molecule has 1 saturated heterocycles. The van der Waals surface area contributed by atoms with E-state index in [0.717, 1.165) is 23.0 Å². The summed E-state index contributed by atoms with van der Waals surface area (Å²) in [5.74, 6) is -0.230. The first-order valence-electron chi connectivity index (χ1n) is 6.88. The molecule has 1 aliphatic rings. The van der Waals surface area contributed by atoms with E-state index in [4.69, 9.17) is 11.6 Å². The van der Waals surface area contributed by atoms with Crippen molar-refractivity contribution >= 4 is 45.9 Å². The SMILES string of the molecule is O=C1NC(=O)C(Cc2ccc(N=Nc3ccc(Cl)cc3)cc2)S1. The van der Waals surface area contributed by atoms with Crippen LogP contribution in [0.4, 0.5) is 16.2 Å². The third kappa shape index (κ3) is 4.18. The van der Waals surface area contributed by atoms with Gasteiger partial charge in [-0.1, -0.05) is 35.5 Å². The number of thioether (sulfide) groups is 1. The van der Waals surface area contributed by atoms with Gasteiger partial charge in [0, 0.05) is 5.02 Å². The molecule has 7 heteroatoms. The lowest BCUT2D eigenvalue weighted by atomic mass is 10.1. The van der Waals surface area contributed by atoms with Crippen LogP contribution in [-0.4, -0.2) is 16.4 Å². The first-order valence-corrected chi connectivity index (χ1v) is 8.14. The van der Waals surface area contributed by atoms with Crippen molar-refractivity contribution in [2.24, 2.45) is 10.2 Å². The highest BCUT2D eigenvalue weighted by Crippen LogP contribution is 2.25. The van der Waals surface area contributed by atoms with E-state index >= 15 is 0 Å². The molecular weight excluding hydrogens is 334 g/mol. The number of imide groups is 1. The van der Waals surface area contributed by atoms with Crippen LogP contribution in [0.5, 0.6) is 0 Å². The summed E-state index contributed by atoms with van der Waals surface area (Å²) in [6.45, 7) is 0. The highest BCUT2D eigenvalue weighted by Gasteiger charge is 2.31. The molecule has 2 amide bonds. The molecule has 1 unspecified atom stereocenters. The molecule has 0 spiro atoms. The predicted molar refractivity (Wildman–Crippen MR) is 90.7 cm³/mol. The number of halogens is 1. The highest BCUT2D eigenvalue weighted by atomic mass is 35.5. The third-order valence-corrected chi connectivity index (χ3v) is 4.47. The Morgan fingerprint density at radius 3 is 2.04 bits per heavy atom. The first kappa shape index (κ1) is 15.7. The highest BCUT2D eigenvalue weighted by molar-refractivity contribution is 8.15. The molecule has 0 saturated carbocycles. The number of amides is 2. The predicted octanol–water partition coefficient (Wildman–Crippen LogP) is 4.65. The smallest absolute Gasteiger partial charge is 0.286 e. The second-order valence-electron chi connectivity index (χ2n) is 4.93. The molecule has 116 valence electrons. The van der Waals surface area contributed by atoms with Gasteiger partial charge >= 0.3 is 0 Å². The lowest BCUT2D eigenvalue weighted by Crippen LogP contribution is -2.25. The van der Waals surface area contributed by atoms with Crippen molar-refractivity contribution < 1.29 is 9.59 Å². The minimum Gasteiger partial charge on any atom is -0.286 e. The van der Waals surface area contributed by atoms with Gasteiger partial charge in [0.1, 0.15) is 0 Å². The molecule has 23 heavy (non-hydrogen) atoms. The van der Waals surface area contributed by atoms with Gasteiger partial charge in [0.15, 0.2) is 0 Å². The van der Waals surface area contributed by atoms with Crippen molar-refractivity contribution in [3.05, 3.63) is 59.1 Å². The van der Waals surface area contributed by atoms with E-state index in [1.807, 2.05) is 24.3 Å². The average molecular weight is 346 g/mol. The summed E-state index contributed by atoms with van der Waals surface area (Å²) in [4.78, 5) is 22.7. The molecule has 2 aromatic rings. The Labute approximate surface area is 142 Å². The van der Waals surface area contributed by atoms with E-state index in [9.17, 15) is 9.59 Å². The number of azo groups is 1. The molecule has 0 aromatic heterocycles. The average Bonchev–Trinajstić information content (AvgIpc) is 2.86. The van der Waals surface area contributed by atoms with Crippen molar-refractivity contribution in [3.63, 3.8) is 0 Å². The van der Waals surface area contributed by atoms with E-state index in [0.29, 0.717) is 17.1 Å². The first-order chi connectivity index (χ1) is 11.1. The van der Waals surface area contributed by atoms with Gasteiger partial charge in [-0.15, -0.1) is 0 Å². The third-order valence-electron chi connectivity index (χ3n) is 3.23. The van der Waals surface area contributed by atoms with Gasteiger partial charge in [0.25, 0.3) is 5.24 Å². The standard InChI is InChI=1S/C16H12ClN3O2S/c17-11-3-7-13(8-4-11)20-19-12-5-1-10(2-6-12)9-14-15(21)18-16(22)23-14/h1-8,14H,9H2,(H,18,21,22). The zero-order valence-electron chi connectivity index (χ0n) is 11.9. The Kier molecular flexibility index (Phi) is 4.73. The summed E-state index contributed by atoms with van der Waals surface area (Å²) in [5.41, 5.74) is 2.40. The molecule has 2 aromatic carbocycles. The molecule has 1 aliphatic heterocycles. The Morgan fingerprint density at radius 2 is 1.52 bits per heavy atom. The Bertz CT molecular complexity index is 760. The fourth-order valence-corrected chi connectivity index (χ4v) is 3.05. The van der Waals surface area contributed by atoms with Crippen LogP contribution < -0.4 is 5.32 Å². The molecule has 1 heterocycles. The topological polar surface area (TPSA) is 70.9 Å². The van der Waals surface area contributed by atoms with Gasteiger partial charge < -0.3 is 0 Å². The number of nitrogens with zero attached hydrogens (tertiary/aromatic N) is 2. The molecule has 1 N–H and O–H groups in total. The summed E-state index contributed by atoms with van der Waals surface area (Å²) in [6.07, 6.45) is 0.511. The van der Waals surface area contributed by atoms with Gasteiger partial charge in [-0.3, -0.25) is 14.9 Å². The molecule has 1 atom stereocenters. The maximum absolute atomic E-state index is 11.5. The summed E-state index contributed by atoms with van der Waals surface area (Å²) < 4.78 is 0. The fourth-order valence-electron chi connectivity index (χ4n) is 2.06. The summed E-state index contributed by atoms with van der Waals surface area (Å²) >= 11 is 6.84. The van der Waals surface area contributed by atoms with E-state index in [1.165, 1.54) is 0 Å². The number of rotatable bonds is 4. The van der Waals surface area contributed by atoms with Crippen molar-refractivity contribution in [2.45, 2.75) is 11.7 Å². The number of hydrogen-bond donors (Lipinski definition) is 1. The zero-order valence-corrected chi connectivity index (χ0v) is 13.5. The maximum Gasteiger partial charge on any atom is 0.286 e. The Hall–Kier alpha value is -2.18. The van der Waals surface area contributed by atoms with Gasteiger partial charge in [-0.25, -0.2) is 0 Å². The number of nitrogens with one attached hydrogen (secondary N) is 1. The maximum atomic E-state index is 11.5. The second kappa shape index (κ2) is 6.93. The van der Waals surface area contributed by atoms with Crippen LogP contribution in [0.3, 0.4) is 0 Å². The van der Waals surface area contributed by atoms with E-state index in [2.05, 4.69) is 15.5 Å². The van der Waals surface area contributed by atoms with Gasteiger partial charge in [0.05, 0.1) is 16.6 Å². The fraction of sp³-hybridized carbons (Fsp3) is 0.125. The number of benzene rings is 2. The number of carbonyl (C=O) groups is 2. The largest absolute Gasteiger partial charge is 0.286 e. The van der Waals surface area contributed by atoms with Crippen LogP contribution in [0.15, 0.2) is 58.8 Å². The minimum atomic E-state index is -0.357. The second-order valence-corrected chi connectivity index (χ2v) is 6.54. The molecule has 1 fully saturated rings. The zero-order chi connectivity index (χ0) is 16.2. The van der Waals surface area contributed by atoms with Gasteiger partial charge in [-0.2, -0.15) is 10.2 Å². The normalized spacial score (nSPS) is 17.7. The van der Waals surface area contributed by atoms with Crippen molar-refractivity contribution in [2.75, 3.05) is 0 Å². The van der Waals surface area contributed by atoms with Crippen LogP contribution >= 0.6 is 23.4 Å². The van der Waals surface area contributed by atoms with Crippen molar-refractivity contribution in [1.82, 2.24) is 5.32 Å². The van der Waals surface area contributed by atoms with Gasteiger partial charge in [0.2, 0.25) is 5.91 Å². The van der Waals surface area contributed by atoms with Crippen molar-refractivity contribution in [3.8, 4) is 0 Å². The van der Waals surface area contributed by atoms with Gasteiger partial charge in [-0.05, 0) is 48.4 Å². The number of carbonyl (C=O) groups excluding carboxylic acids is 2. The molecular formula is C16H12ClN3O2S. The number of hydrogen-bond acceptors (Lipinski definition) is 5. The van der Waals surface area contributed by atoms with E-state index in [-0.39, 0.29) is 16.4 Å². The minimum absolute atomic E-state index is 0.230. The van der Waals surface area contributed by atoms with Crippen LogP contribution in [0.1, 0.15) is 5.56 Å². The Morgan fingerprint density at radius 1 is 0.957 bits per heavy atom. The van der Waals surface area contributed by atoms with Crippen molar-refractivity contribution in [1.29, 1.82) is 0 Å². The lowest BCUT2D eigenvalue weighted by molar-refractivity contribution is -0.118. The van der Waals surface area contributed by atoms with Crippen LogP contribution in [0.25, 0.3) is 0 Å². The summed E-state index contributed by atoms with van der Waals surface area (Å²) in [7, 11) is 0. The molecule has 0 radical (unpaired) electrons. The summed E-state index contributed by atoms with van der Waals surface area (Å²) in [5, 5.41) is 10.6. The molecule has 5 nitrogen and oxygen atoms in total. The summed E-state index contributed by atoms with van der Waals surface area (Å²) in [6, 6.07) is 14.5. The Balaban J connectivity index is 1.64. The lowest BCUT2D eigenvalue weighted by Gasteiger charge is -2.05. The van der Waals surface area contributed by atoms with E-state index < -0.39 is 0 Å². The van der Waals surface area contributed by atoms with Crippen LogP contribution in [0.2, 0.25) is 5.02 Å². The van der Waals surface area contributed by atoms with Crippen LogP contribution in [-0.2, 0) is 11.2 Å². The van der Waals surface area contributed by atoms with E-state index in [1.54, 1.807) is 24.3 Å².